The zero-order chi connectivity index (χ0) is 23.8. The Morgan fingerprint density at radius 3 is 2.82 bits per heavy atom. The van der Waals surface area contributed by atoms with Crippen LogP contribution in [-0.2, 0) is 13.6 Å². The fourth-order valence-electron chi connectivity index (χ4n) is 4.12. The Bertz CT molecular complexity index is 1640. The number of benzene rings is 2. The molecule has 10 heteroatoms. The standard InChI is InChI=1S/C24H20FN7O2/c1-31-24(33)16-4-3-14(9-20(16)30-31)19-11-22(29-13-28-19)27-7-8-32-15(12-26)10-17-21(34-2)6-5-18(25)23(17)32/h3-6,9-11,13,30H,7-8H2,1-2H3,(H,27,28,29). The largest absolute Gasteiger partial charge is 0.496 e. The van der Waals surface area contributed by atoms with Crippen molar-refractivity contribution >= 4 is 27.6 Å². The number of ether oxygens (including phenoxy) is 1. The Hall–Kier alpha value is -4.65. The Morgan fingerprint density at radius 2 is 2.03 bits per heavy atom. The van der Waals surface area contributed by atoms with E-state index in [4.69, 9.17) is 4.74 Å². The summed E-state index contributed by atoms with van der Waals surface area (Å²) in [5, 5.41) is 16.9. The molecule has 2 N–H and O–H groups in total. The number of rotatable bonds is 6. The molecular weight excluding hydrogens is 437 g/mol. The molecule has 5 rings (SSSR count). The van der Waals surface area contributed by atoms with E-state index in [0.29, 0.717) is 52.3 Å². The summed E-state index contributed by atoms with van der Waals surface area (Å²) in [6.07, 6.45) is 1.45. The van der Waals surface area contributed by atoms with Crippen molar-refractivity contribution in [1.82, 2.24) is 24.3 Å². The van der Waals surface area contributed by atoms with Gasteiger partial charge >= 0.3 is 0 Å². The summed E-state index contributed by atoms with van der Waals surface area (Å²) in [7, 11) is 3.18. The Morgan fingerprint density at radius 1 is 1.18 bits per heavy atom. The van der Waals surface area contributed by atoms with Crippen LogP contribution in [0.1, 0.15) is 5.69 Å². The minimum absolute atomic E-state index is 0.0880. The van der Waals surface area contributed by atoms with E-state index in [9.17, 15) is 14.4 Å². The summed E-state index contributed by atoms with van der Waals surface area (Å²) in [4.78, 5) is 20.7. The third-order valence-corrected chi connectivity index (χ3v) is 5.75. The van der Waals surface area contributed by atoms with Gasteiger partial charge in [-0.2, -0.15) is 5.26 Å². The van der Waals surface area contributed by atoms with Crippen LogP contribution in [0.4, 0.5) is 10.2 Å². The number of nitriles is 1. The molecule has 0 spiro atoms. The number of aromatic nitrogens is 5. The fraction of sp³-hybridized carbons (Fsp3) is 0.167. The number of methoxy groups -OCH3 is 1. The van der Waals surface area contributed by atoms with Gasteiger partial charge in [0.15, 0.2) is 0 Å². The molecule has 0 fully saturated rings. The van der Waals surface area contributed by atoms with E-state index >= 15 is 0 Å². The van der Waals surface area contributed by atoms with Crippen LogP contribution >= 0.6 is 0 Å². The first-order chi connectivity index (χ1) is 16.5. The van der Waals surface area contributed by atoms with E-state index in [1.165, 1.54) is 24.2 Å². The fourth-order valence-corrected chi connectivity index (χ4v) is 4.12. The SMILES string of the molecule is COc1ccc(F)c2c1cc(C#N)n2CCNc1cc(-c2ccc3c(=O)n(C)[nH]c3c2)ncn1. The van der Waals surface area contributed by atoms with Gasteiger partial charge in [0.2, 0.25) is 0 Å². The Kier molecular flexibility index (Phi) is 5.22. The van der Waals surface area contributed by atoms with Gasteiger partial charge in [-0.1, -0.05) is 6.07 Å². The Labute approximate surface area is 193 Å². The maximum Gasteiger partial charge on any atom is 0.274 e. The Balaban J connectivity index is 1.38. The maximum absolute atomic E-state index is 14.6. The van der Waals surface area contributed by atoms with E-state index in [2.05, 4.69) is 26.5 Å². The number of H-pyrrole nitrogens is 1. The summed E-state index contributed by atoms with van der Waals surface area (Å²) < 4.78 is 23.0. The first kappa shape index (κ1) is 21.2. The summed E-state index contributed by atoms with van der Waals surface area (Å²) in [6, 6.07) is 13.9. The van der Waals surface area contributed by atoms with Crippen LogP contribution in [0, 0.1) is 17.1 Å². The van der Waals surface area contributed by atoms with Crippen molar-refractivity contribution in [2.75, 3.05) is 19.0 Å². The molecular formula is C24H20FN7O2. The number of nitrogens with one attached hydrogen (secondary N) is 2. The maximum atomic E-state index is 14.6. The first-order valence-corrected chi connectivity index (χ1v) is 10.5. The highest BCUT2D eigenvalue weighted by atomic mass is 19.1. The lowest BCUT2D eigenvalue weighted by Gasteiger charge is -2.11. The van der Waals surface area contributed by atoms with Crippen LogP contribution in [0.25, 0.3) is 33.1 Å². The monoisotopic (exact) mass is 457 g/mol. The quantitative estimate of drug-likeness (QED) is 0.404. The average Bonchev–Trinajstić information content (AvgIpc) is 3.36. The summed E-state index contributed by atoms with van der Waals surface area (Å²) in [5.74, 6) is 0.674. The first-order valence-electron chi connectivity index (χ1n) is 10.5. The molecule has 0 bridgehead atoms. The molecule has 0 radical (unpaired) electrons. The zero-order valence-corrected chi connectivity index (χ0v) is 18.5. The number of nitrogens with zero attached hydrogens (tertiary/aromatic N) is 5. The number of fused-ring (bicyclic) bond motifs is 2. The number of aryl methyl sites for hydroxylation is 1. The third kappa shape index (κ3) is 3.53. The molecule has 3 aromatic heterocycles. The molecule has 170 valence electrons. The van der Waals surface area contributed by atoms with Crippen molar-refractivity contribution in [3.8, 4) is 23.1 Å². The molecule has 2 aromatic carbocycles. The van der Waals surface area contributed by atoms with Crippen LogP contribution < -0.4 is 15.6 Å². The average molecular weight is 457 g/mol. The second kappa shape index (κ2) is 8.37. The molecule has 5 aromatic rings. The molecule has 34 heavy (non-hydrogen) atoms. The van der Waals surface area contributed by atoms with Gasteiger partial charge in [0.05, 0.1) is 29.2 Å². The molecule has 0 atom stereocenters. The molecule has 0 unspecified atom stereocenters. The minimum atomic E-state index is -0.420. The topological polar surface area (TPSA) is 114 Å². The summed E-state index contributed by atoms with van der Waals surface area (Å²) in [5.41, 5.74) is 2.81. The van der Waals surface area contributed by atoms with E-state index in [0.717, 1.165) is 11.1 Å². The molecule has 0 saturated carbocycles. The molecule has 0 amide bonds. The lowest BCUT2D eigenvalue weighted by molar-refractivity contribution is 0.419. The number of anilines is 1. The molecule has 0 aliphatic heterocycles. The van der Waals surface area contributed by atoms with Gasteiger partial charge in [-0.3, -0.25) is 14.6 Å². The smallest absolute Gasteiger partial charge is 0.274 e. The zero-order valence-electron chi connectivity index (χ0n) is 18.5. The predicted molar refractivity (Wildman–Crippen MR) is 126 cm³/mol. The van der Waals surface area contributed by atoms with Gasteiger partial charge in [-0.05, 0) is 30.3 Å². The highest BCUT2D eigenvalue weighted by Crippen LogP contribution is 2.31. The lowest BCUT2D eigenvalue weighted by Crippen LogP contribution is -2.13. The second-order valence-electron chi connectivity index (χ2n) is 7.76. The van der Waals surface area contributed by atoms with Gasteiger partial charge in [0.1, 0.15) is 35.5 Å². The van der Waals surface area contributed by atoms with E-state index in [1.54, 1.807) is 35.9 Å². The summed E-state index contributed by atoms with van der Waals surface area (Å²) >= 11 is 0. The summed E-state index contributed by atoms with van der Waals surface area (Å²) in [6.45, 7) is 0.740. The third-order valence-electron chi connectivity index (χ3n) is 5.75. The van der Waals surface area contributed by atoms with Gasteiger partial charge in [0.25, 0.3) is 5.56 Å². The van der Waals surface area contributed by atoms with Crippen LogP contribution in [0.15, 0.2) is 53.6 Å². The number of aromatic amines is 1. The van der Waals surface area contributed by atoms with Gasteiger partial charge in [0, 0.05) is 37.2 Å². The number of halogens is 1. The molecule has 3 heterocycles. The van der Waals surface area contributed by atoms with E-state index in [1.807, 2.05) is 12.1 Å². The van der Waals surface area contributed by atoms with Crippen LogP contribution in [0.5, 0.6) is 5.75 Å². The van der Waals surface area contributed by atoms with Crippen molar-refractivity contribution in [2.24, 2.45) is 7.05 Å². The molecule has 0 saturated heterocycles. The van der Waals surface area contributed by atoms with Gasteiger partial charge in [-0.25, -0.2) is 14.4 Å². The van der Waals surface area contributed by atoms with Gasteiger partial charge in [-0.15, -0.1) is 0 Å². The normalized spacial score (nSPS) is 11.1. The minimum Gasteiger partial charge on any atom is -0.496 e. The van der Waals surface area contributed by atoms with Crippen LogP contribution in [0.2, 0.25) is 0 Å². The van der Waals surface area contributed by atoms with Crippen LogP contribution in [0.3, 0.4) is 0 Å². The lowest BCUT2D eigenvalue weighted by atomic mass is 10.1. The number of hydrogen-bond donors (Lipinski definition) is 2. The van der Waals surface area contributed by atoms with Gasteiger partial charge < -0.3 is 14.6 Å². The molecule has 0 aliphatic carbocycles. The van der Waals surface area contributed by atoms with E-state index < -0.39 is 5.82 Å². The molecule has 9 nitrogen and oxygen atoms in total. The van der Waals surface area contributed by atoms with Crippen molar-refractivity contribution in [2.45, 2.75) is 6.54 Å². The van der Waals surface area contributed by atoms with Crippen molar-refractivity contribution in [3.05, 3.63) is 70.7 Å². The number of hydrogen-bond acceptors (Lipinski definition) is 6. The van der Waals surface area contributed by atoms with E-state index in [-0.39, 0.29) is 5.56 Å². The van der Waals surface area contributed by atoms with Crippen molar-refractivity contribution in [1.29, 1.82) is 5.26 Å². The highest BCUT2D eigenvalue weighted by Gasteiger charge is 2.16. The predicted octanol–water partition coefficient (Wildman–Crippen LogP) is 3.41. The molecule has 0 aliphatic rings. The highest BCUT2D eigenvalue weighted by molar-refractivity contribution is 5.89. The second-order valence-corrected chi connectivity index (χ2v) is 7.76. The van der Waals surface area contributed by atoms with Crippen LogP contribution in [-0.4, -0.2) is 38.0 Å². The van der Waals surface area contributed by atoms with Crippen molar-refractivity contribution < 1.29 is 9.13 Å². The van der Waals surface area contributed by atoms with Crippen molar-refractivity contribution in [3.63, 3.8) is 0 Å².